The second-order valence-electron chi connectivity index (χ2n) is 3.83. The van der Waals surface area contributed by atoms with Gasteiger partial charge in [-0.1, -0.05) is 0 Å². The van der Waals surface area contributed by atoms with Gasteiger partial charge in [-0.2, -0.15) is 5.21 Å². The Bertz CT molecular complexity index is 503. The molecule has 1 fully saturated rings. The van der Waals surface area contributed by atoms with Gasteiger partial charge in [-0.15, -0.1) is 21.5 Å². The lowest BCUT2D eigenvalue weighted by Gasteiger charge is -2.33. The first-order chi connectivity index (χ1) is 8.84. The molecule has 2 aromatic heterocycles. The smallest absolute Gasteiger partial charge is 0.295 e. The molecule has 0 aromatic carbocycles. The van der Waals surface area contributed by atoms with Crippen molar-refractivity contribution < 1.29 is 4.79 Å². The molecule has 9 heteroatoms. The Balaban J connectivity index is 1.62. The fourth-order valence-corrected chi connectivity index (χ4v) is 2.56. The molecule has 18 heavy (non-hydrogen) atoms. The Kier molecular flexibility index (Phi) is 2.89. The molecule has 0 saturated carbocycles. The third-order valence-corrected chi connectivity index (χ3v) is 3.63. The van der Waals surface area contributed by atoms with Crippen molar-refractivity contribution in [2.24, 2.45) is 0 Å². The number of H-pyrrole nitrogens is 1. The topological polar surface area (TPSA) is 90.9 Å². The summed E-state index contributed by atoms with van der Waals surface area (Å²) in [5.74, 6) is -0.0553. The Hall–Kier alpha value is -2.03. The molecule has 0 unspecified atom stereocenters. The molecule has 1 amide bonds. The summed E-state index contributed by atoms with van der Waals surface area (Å²) < 4.78 is 0. The van der Waals surface area contributed by atoms with E-state index in [0.717, 1.165) is 18.2 Å². The lowest BCUT2D eigenvalue weighted by Crippen LogP contribution is -2.49. The van der Waals surface area contributed by atoms with Crippen LogP contribution < -0.4 is 4.90 Å². The summed E-state index contributed by atoms with van der Waals surface area (Å²) >= 11 is 1.61. The van der Waals surface area contributed by atoms with Gasteiger partial charge in [-0.05, 0) is 5.21 Å². The number of hydrogen-bond donors (Lipinski definition) is 1. The van der Waals surface area contributed by atoms with Gasteiger partial charge in [0.1, 0.15) is 0 Å². The first-order valence-corrected chi connectivity index (χ1v) is 6.40. The molecule has 8 nitrogen and oxygen atoms in total. The monoisotopic (exact) mass is 265 g/mol. The molecule has 94 valence electrons. The van der Waals surface area contributed by atoms with Gasteiger partial charge in [0.05, 0.1) is 0 Å². The molecular weight excluding hydrogens is 254 g/mol. The van der Waals surface area contributed by atoms with E-state index < -0.39 is 0 Å². The highest BCUT2D eigenvalue weighted by Crippen LogP contribution is 2.19. The maximum Gasteiger partial charge on any atom is 0.295 e. The van der Waals surface area contributed by atoms with Crippen molar-refractivity contribution in [1.82, 2.24) is 30.5 Å². The molecule has 0 atom stereocenters. The third kappa shape index (κ3) is 2.04. The summed E-state index contributed by atoms with van der Waals surface area (Å²) in [6, 6.07) is 0. The van der Waals surface area contributed by atoms with Gasteiger partial charge < -0.3 is 9.80 Å². The first kappa shape index (κ1) is 11.1. The van der Waals surface area contributed by atoms with E-state index in [2.05, 4.69) is 30.5 Å². The van der Waals surface area contributed by atoms with Crippen LogP contribution in [0.5, 0.6) is 0 Å². The van der Waals surface area contributed by atoms with Gasteiger partial charge in [-0.3, -0.25) is 4.79 Å². The zero-order valence-electron chi connectivity index (χ0n) is 9.48. The van der Waals surface area contributed by atoms with Crippen molar-refractivity contribution in [2.45, 2.75) is 0 Å². The Morgan fingerprint density at radius 3 is 2.78 bits per heavy atom. The normalized spacial score (nSPS) is 16.0. The number of amides is 1. The summed E-state index contributed by atoms with van der Waals surface area (Å²) in [5, 5.41) is 16.0. The Morgan fingerprint density at radius 2 is 2.17 bits per heavy atom. The van der Waals surface area contributed by atoms with E-state index in [1.807, 2.05) is 5.38 Å². The highest BCUT2D eigenvalue weighted by atomic mass is 32.1. The quantitative estimate of drug-likeness (QED) is 0.796. The number of carbonyl (C=O) groups is 1. The van der Waals surface area contributed by atoms with E-state index in [-0.39, 0.29) is 11.7 Å². The number of anilines is 1. The highest BCUT2D eigenvalue weighted by molar-refractivity contribution is 7.13. The molecule has 1 aliphatic rings. The summed E-state index contributed by atoms with van der Waals surface area (Å²) in [4.78, 5) is 20.1. The predicted molar refractivity (Wildman–Crippen MR) is 64.4 cm³/mol. The van der Waals surface area contributed by atoms with Crippen molar-refractivity contribution >= 4 is 22.4 Å². The Morgan fingerprint density at radius 1 is 1.33 bits per heavy atom. The first-order valence-electron chi connectivity index (χ1n) is 5.52. The molecule has 1 aliphatic heterocycles. The van der Waals surface area contributed by atoms with E-state index in [1.54, 1.807) is 22.4 Å². The maximum absolute atomic E-state index is 12.0. The minimum absolute atomic E-state index is 0.123. The highest BCUT2D eigenvalue weighted by Gasteiger charge is 2.25. The number of nitrogens with zero attached hydrogens (tertiary/aromatic N) is 6. The molecule has 2 aromatic rings. The van der Waals surface area contributed by atoms with Crippen molar-refractivity contribution in [2.75, 3.05) is 31.1 Å². The molecular formula is C9H11N7OS. The molecule has 1 N–H and O–H groups in total. The van der Waals surface area contributed by atoms with Crippen LogP contribution in [0.15, 0.2) is 11.6 Å². The van der Waals surface area contributed by atoms with Crippen LogP contribution in [0.4, 0.5) is 5.13 Å². The summed E-state index contributed by atoms with van der Waals surface area (Å²) in [6.45, 7) is 2.84. The second-order valence-corrected chi connectivity index (χ2v) is 4.70. The summed E-state index contributed by atoms with van der Waals surface area (Å²) in [6.07, 6.45) is 1.79. The SMILES string of the molecule is O=C(c1nn[nH]n1)N1CCN(c2nccs2)CC1. The van der Waals surface area contributed by atoms with Gasteiger partial charge in [0, 0.05) is 37.8 Å². The molecule has 3 rings (SSSR count). The number of carbonyl (C=O) groups excluding carboxylic acids is 1. The molecule has 0 spiro atoms. The Labute approximate surface area is 107 Å². The fourth-order valence-electron chi connectivity index (χ4n) is 1.87. The van der Waals surface area contributed by atoms with Crippen LogP contribution in [0.1, 0.15) is 10.6 Å². The van der Waals surface area contributed by atoms with Gasteiger partial charge in [0.15, 0.2) is 5.13 Å². The summed E-state index contributed by atoms with van der Waals surface area (Å²) in [5.41, 5.74) is 0. The predicted octanol–water partition coefficient (Wildman–Crippen LogP) is -0.381. The maximum atomic E-state index is 12.0. The van der Waals surface area contributed by atoms with Crippen LogP contribution >= 0.6 is 11.3 Å². The van der Waals surface area contributed by atoms with E-state index >= 15 is 0 Å². The van der Waals surface area contributed by atoms with Crippen molar-refractivity contribution in [3.8, 4) is 0 Å². The van der Waals surface area contributed by atoms with Crippen LogP contribution in [-0.4, -0.2) is 62.6 Å². The number of thiazole rings is 1. The fraction of sp³-hybridized carbons (Fsp3) is 0.444. The zero-order chi connectivity index (χ0) is 12.4. The standard InChI is InChI=1S/C9H11N7OS/c17-8(7-11-13-14-12-7)15-2-4-16(5-3-15)9-10-1-6-18-9/h1,6H,2-5H2,(H,11,12,13,14). The van der Waals surface area contributed by atoms with Gasteiger partial charge in [0.25, 0.3) is 11.7 Å². The van der Waals surface area contributed by atoms with E-state index in [9.17, 15) is 4.79 Å². The number of aromatic amines is 1. The van der Waals surface area contributed by atoms with Crippen LogP contribution in [0.3, 0.4) is 0 Å². The lowest BCUT2D eigenvalue weighted by atomic mass is 10.3. The largest absolute Gasteiger partial charge is 0.345 e. The van der Waals surface area contributed by atoms with Crippen LogP contribution in [0, 0.1) is 0 Å². The number of piperazine rings is 1. The number of hydrogen-bond acceptors (Lipinski definition) is 7. The molecule has 3 heterocycles. The average molecular weight is 265 g/mol. The molecule has 1 saturated heterocycles. The zero-order valence-corrected chi connectivity index (χ0v) is 10.3. The van der Waals surface area contributed by atoms with Gasteiger partial charge in [-0.25, -0.2) is 4.98 Å². The van der Waals surface area contributed by atoms with Crippen molar-refractivity contribution in [1.29, 1.82) is 0 Å². The third-order valence-electron chi connectivity index (χ3n) is 2.79. The van der Waals surface area contributed by atoms with Crippen LogP contribution in [0.2, 0.25) is 0 Å². The number of nitrogens with one attached hydrogen (secondary N) is 1. The minimum atomic E-state index is -0.178. The van der Waals surface area contributed by atoms with Crippen LogP contribution in [-0.2, 0) is 0 Å². The van der Waals surface area contributed by atoms with E-state index in [0.29, 0.717) is 13.1 Å². The average Bonchev–Trinajstić information content (AvgIpc) is 3.11. The van der Waals surface area contributed by atoms with E-state index in [4.69, 9.17) is 0 Å². The van der Waals surface area contributed by atoms with Crippen LogP contribution in [0.25, 0.3) is 0 Å². The van der Waals surface area contributed by atoms with Crippen molar-refractivity contribution in [3.05, 3.63) is 17.4 Å². The summed E-state index contributed by atoms with van der Waals surface area (Å²) in [7, 11) is 0. The van der Waals surface area contributed by atoms with E-state index in [1.165, 1.54) is 0 Å². The van der Waals surface area contributed by atoms with Gasteiger partial charge >= 0.3 is 0 Å². The minimum Gasteiger partial charge on any atom is -0.345 e. The number of aromatic nitrogens is 5. The molecule has 0 bridgehead atoms. The number of tetrazole rings is 1. The second kappa shape index (κ2) is 4.69. The number of rotatable bonds is 2. The van der Waals surface area contributed by atoms with Gasteiger partial charge in [0.2, 0.25) is 0 Å². The molecule has 0 radical (unpaired) electrons. The van der Waals surface area contributed by atoms with Crippen molar-refractivity contribution in [3.63, 3.8) is 0 Å². The lowest BCUT2D eigenvalue weighted by molar-refractivity contribution is 0.0734. The molecule has 0 aliphatic carbocycles.